The van der Waals surface area contributed by atoms with Crippen LogP contribution in [-0.4, -0.2) is 26.3 Å². The Balaban J connectivity index is 1.72. The van der Waals surface area contributed by atoms with E-state index >= 15 is 0 Å². The summed E-state index contributed by atoms with van der Waals surface area (Å²) in [7, 11) is 0. The zero-order chi connectivity index (χ0) is 14.8. The average Bonchev–Trinajstić information content (AvgIpc) is 3.08. The summed E-state index contributed by atoms with van der Waals surface area (Å²) in [5, 5.41) is 8.89. The predicted octanol–water partition coefficient (Wildman–Crippen LogP) is 3.11. The third kappa shape index (κ3) is 3.06. The number of hydrogen-bond donors (Lipinski definition) is 1. The molecule has 0 aliphatic carbocycles. The quantitative estimate of drug-likeness (QED) is 0.587. The molecule has 0 spiro atoms. The van der Waals surface area contributed by atoms with Gasteiger partial charge in [0, 0.05) is 6.07 Å². The zero-order valence-corrected chi connectivity index (χ0v) is 13.0. The molecule has 8 heteroatoms. The highest BCUT2D eigenvalue weighted by molar-refractivity contribution is 8.00. The van der Waals surface area contributed by atoms with Gasteiger partial charge in [-0.05, 0) is 25.3 Å². The van der Waals surface area contributed by atoms with Gasteiger partial charge in [-0.1, -0.05) is 16.9 Å². The molecular formula is C13H12N4O2S2. The molecule has 0 saturated carbocycles. The lowest BCUT2D eigenvalue weighted by Crippen LogP contribution is -2.22. The molecular weight excluding hydrogens is 308 g/mol. The number of fused-ring (bicyclic) bond motifs is 1. The number of thiophene rings is 1. The second kappa shape index (κ2) is 5.82. The van der Waals surface area contributed by atoms with Crippen molar-refractivity contribution >= 4 is 45.1 Å². The van der Waals surface area contributed by atoms with E-state index in [2.05, 4.69) is 20.4 Å². The average molecular weight is 320 g/mol. The number of aromatic nitrogens is 3. The van der Waals surface area contributed by atoms with Crippen LogP contribution in [-0.2, 0) is 4.79 Å². The van der Waals surface area contributed by atoms with E-state index < -0.39 is 0 Å². The molecule has 1 N–H and O–H groups in total. The number of anilines is 1. The van der Waals surface area contributed by atoms with Crippen molar-refractivity contribution in [3.63, 3.8) is 0 Å². The molecule has 1 atom stereocenters. The van der Waals surface area contributed by atoms with Gasteiger partial charge in [0.05, 0.1) is 21.2 Å². The SMILES string of the molecule is Cc1cc(NC(=O)C(C)Sc2ncnc3ccsc23)on1. The van der Waals surface area contributed by atoms with E-state index in [1.165, 1.54) is 18.1 Å². The van der Waals surface area contributed by atoms with Gasteiger partial charge in [0.25, 0.3) is 0 Å². The van der Waals surface area contributed by atoms with Crippen LogP contribution in [0.1, 0.15) is 12.6 Å². The standard InChI is InChI=1S/C13H12N4O2S2/c1-7-5-10(19-17-7)16-12(18)8(2)21-13-11-9(3-4-20-11)14-6-15-13/h3-6,8H,1-2H3,(H,16,18). The van der Waals surface area contributed by atoms with E-state index in [1.54, 1.807) is 24.3 Å². The van der Waals surface area contributed by atoms with E-state index in [9.17, 15) is 4.79 Å². The van der Waals surface area contributed by atoms with E-state index in [0.29, 0.717) is 5.88 Å². The molecule has 0 aliphatic heterocycles. The summed E-state index contributed by atoms with van der Waals surface area (Å²) in [6, 6.07) is 3.62. The number of hydrogen-bond acceptors (Lipinski definition) is 7. The highest BCUT2D eigenvalue weighted by Gasteiger charge is 2.18. The predicted molar refractivity (Wildman–Crippen MR) is 82.6 cm³/mol. The normalized spacial score (nSPS) is 12.5. The molecule has 0 aromatic carbocycles. The molecule has 6 nitrogen and oxygen atoms in total. The maximum atomic E-state index is 12.1. The highest BCUT2D eigenvalue weighted by atomic mass is 32.2. The largest absolute Gasteiger partial charge is 0.338 e. The van der Waals surface area contributed by atoms with E-state index in [4.69, 9.17) is 4.52 Å². The van der Waals surface area contributed by atoms with Crippen LogP contribution >= 0.6 is 23.1 Å². The molecule has 21 heavy (non-hydrogen) atoms. The highest BCUT2D eigenvalue weighted by Crippen LogP contribution is 2.31. The second-order valence-electron chi connectivity index (χ2n) is 4.40. The van der Waals surface area contributed by atoms with Gasteiger partial charge in [-0.25, -0.2) is 9.97 Å². The first-order valence-corrected chi connectivity index (χ1v) is 7.98. The maximum absolute atomic E-state index is 12.1. The van der Waals surface area contributed by atoms with Gasteiger partial charge in [-0.2, -0.15) is 0 Å². The number of carbonyl (C=O) groups is 1. The first-order valence-electron chi connectivity index (χ1n) is 6.22. The van der Waals surface area contributed by atoms with Crippen molar-refractivity contribution in [3.05, 3.63) is 29.5 Å². The third-order valence-corrected chi connectivity index (χ3v) is 4.88. The molecule has 3 aromatic heterocycles. The Kier molecular flexibility index (Phi) is 3.89. The Hall–Kier alpha value is -1.93. The summed E-state index contributed by atoms with van der Waals surface area (Å²) in [6.07, 6.45) is 1.52. The number of aryl methyl sites for hydroxylation is 1. The minimum absolute atomic E-state index is 0.153. The van der Waals surface area contributed by atoms with Gasteiger partial charge in [-0.15, -0.1) is 11.3 Å². The molecule has 0 aliphatic rings. The van der Waals surface area contributed by atoms with Crippen molar-refractivity contribution in [2.45, 2.75) is 24.1 Å². The van der Waals surface area contributed by atoms with Crippen LogP contribution in [0.5, 0.6) is 0 Å². The van der Waals surface area contributed by atoms with Gasteiger partial charge >= 0.3 is 0 Å². The van der Waals surface area contributed by atoms with Gasteiger partial charge in [0.2, 0.25) is 11.8 Å². The lowest BCUT2D eigenvalue weighted by Gasteiger charge is -2.09. The number of amides is 1. The Morgan fingerprint density at radius 1 is 1.48 bits per heavy atom. The first-order chi connectivity index (χ1) is 10.1. The van der Waals surface area contributed by atoms with Crippen molar-refractivity contribution in [1.82, 2.24) is 15.1 Å². The zero-order valence-electron chi connectivity index (χ0n) is 11.4. The summed E-state index contributed by atoms with van der Waals surface area (Å²) in [5.41, 5.74) is 1.62. The summed E-state index contributed by atoms with van der Waals surface area (Å²) in [6.45, 7) is 3.62. The number of rotatable bonds is 4. The van der Waals surface area contributed by atoms with Crippen molar-refractivity contribution in [1.29, 1.82) is 0 Å². The Morgan fingerprint density at radius 2 is 2.33 bits per heavy atom. The number of nitrogens with zero attached hydrogens (tertiary/aromatic N) is 3. The topological polar surface area (TPSA) is 80.9 Å². The summed E-state index contributed by atoms with van der Waals surface area (Å²) >= 11 is 2.97. The fourth-order valence-electron chi connectivity index (χ4n) is 1.72. The minimum atomic E-state index is -0.310. The van der Waals surface area contributed by atoms with Crippen LogP contribution in [0.2, 0.25) is 0 Å². The van der Waals surface area contributed by atoms with Gasteiger partial charge in [-0.3, -0.25) is 10.1 Å². The first kappa shape index (κ1) is 14.0. The Bertz CT molecular complexity index is 783. The van der Waals surface area contributed by atoms with Crippen molar-refractivity contribution in [3.8, 4) is 0 Å². The number of carbonyl (C=O) groups excluding carboxylic acids is 1. The monoisotopic (exact) mass is 320 g/mol. The van der Waals surface area contributed by atoms with Crippen molar-refractivity contribution < 1.29 is 9.32 Å². The van der Waals surface area contributed by atoms with E-state index in [0.717, 1.165) is 20.9 Å². The molecule has 0 radical (unpaired) electrons. The summed E-state index contributed by atoms with van der Waals surface area (Å²) in [5.74, 6) is 0.202. The second-order valence-corrected chi connectivity index (χ2v) is 6.64. The fourth-order valence-corrected chi connectivity index (χ4v) is 3.55. The van der Waals surface area contributed by atoms with Gasteiger partial charge < -0.3 is 4.52 Å². The Labute approximate surface area is 129 Å². The molecule has 3 aromatic rings. The minimum Gasteiger partial charge on any atom is -0.338 e. The lowest BCUT2D eigenvalue weighted by molar-refractivity contribution is -0.115. The van der Waals surface area contributed by atoms with Crippen molar-refractivity contribution in [2.75, 3.05) is 5.32 Å². The van der Waals surface area contributed by atoms with Crippen LogP contribution in [0.25, 0.3) is 10.2 Å². The number of thioether (sulfide) groups is 1. The molecule has 0 bridgehead atoms. The van der Waals surface area contributed by atoms with Gasteiger partial charge in [0.15, 0.2) is 0 Å². The Morgan fingerprint density at radius 3 is 3.10 bits per heavy atom. The molecule has 1 amide bonds. The van der Waals surface area contributed by atoms with Crippen LogP contribution < -0.4 is 5.32 Å². The fraction of sp³-hybridized carbons (Fsp3) is 0.231. The van der Waals surface area contributed by atoms with Crippen molar-refractivity contribution in [2.24, 2.45) is 0 Å². The van der Waals surface area contributed by atoms with Crippen LogP contribution in [0.15, 0.2) is 33.4 Å². The smallest absolute Gasteiger partial charge is 0.240 e. The summed E-state index contributed by atoms with van der Waals surface area (Å²) in [4.78, 5) is 20.6. The van der Waals surface area contributed by atoms with E-state index in [1.807, 2.05) is 18.4 Å². The van der Waals surface area contributed by atoms with Gasteiger partial charge in [0.1, 0.15) is 11.4 Å². The molecule has 1 unspecified atom stereocenters. The maximum Gasteiger partial charge on any atom is 0.240 e. The molecule has 0 fully saturated rings. The van der Waals surface area contributed by atoms with Crippen LogP contribution in [0, 0.1) is 6.92 Å². The van der Waals surface area contributed by atoms with Crippen LogP contribution in [0.4, 0.5) is 5.88 Å². The molecule has 108 valence electrons. The van der Waals surface area contributed by atoms with Crippen LogP contribution in [0.3, 0.4) is 0 Å². The molecule has 0 saturated heterocycles. The summed E-state index contributed by atoms with van der Waals surface area (Å²) < 4.78 is 5.98. The molecule has 3 rings (SSSR count). The lowest BCUT2D eigenvalue weighted by atomic mass is 10.4. The molecule has 3 heterocycles. The van der Waals surface area contributed by atoms with E-state index in [-0.39, 0.29) is 11.2 Å². The number of nitrogens with one attached hydrogen (secondary N) is 1. The third-order valence-electron chi connectivity index (χ3n) is 2.74.